The molecule has 2 aromatic heterocycles. The van der Waals surface area contributed by atoms with Gasteiger partial charge < -0.3 is 10.0 Å². The molecule has 3 aromatic rings. The number of nitrogens with zero attached hydrogens (tertiary/aromatic N) is 5. The van der Waals surface area contributed by atoms with E-state index < -0.39 is 12.0 Å². The van der Waals surface area contributed by atoms with Gasteiger partial charge in [0.1, 0.15) is 5.82 Å². The van der Waals surface area contributed by atoms with Crippen molar-refractivity contribution in [3.63, 3.8) is 0 Å². The second-order valence-corrected chi connectivity index (χ2v) is 7.28. The molecule has 1 aliphatic rings. The predicted molar refractivity (Wildman–Crippen MR) is 109 cm³/mol. The summed E-state index contributed by atoms with van der Waals surface area (Å²) >= 11 is 0. The quantitative estimate of drug-likeness (QED) is 0.711. The van der Waals surface area contributed by atoms with Crippen molar-refractivity contribution in [2.45, 2.75) is 33.2 Å². The van der Waals surface area contributed by atoms with E-state index in [9.17, 15) is 19.5 Å². The third kappa shape index (κ3) is 2.81. The summed E-state index contributed by atoms with van der Waals surface area (Å²) in [6.45, 7) is 5.32. The highest BCUT2D eigenvalue weighted by atomic mass is 16.4. The molecule has 0 saturated heterocycles. The lowest BCUT2D eigenvalue weighted by Crippen LogP contribution is -2.28. The monoisotopic (exact) mass is 407 g/mol. The topological polar surface area (TPSA) is 110 Å². The van der Waals surface area contributed by atoms with Gasteiger partial charge in [-0.25, -0.2) is 23.8 Å². The second kappa shape index (κ2) is 6.94. The molecule has 0 radical (unpaired) electrons. The predicted octanol–water partition coefficient (Wildman–Crippen LogP) is 2.39. The maximum Gasteiger partial charge on any atom is 0.354 e. The molecule has 0 saturated carbocycles. The molecule has 30 heavy (non-hydrogen) atoms. The molecule has 154 valence electrons. The normalized spacial score (nSPS) is 15.5. The van der Waals surface area contributed by atoms with Crippen LogP contribution in [0.4, 0.5) is 5.69 Å². The molecular weight excluding hydrogens is 386 g/mol. The Hall–Kier alpha value is -3.75. The molecule has 1 N–H and O–H groups in total. The first-order valence-corrected chi connectivity index (χ1v) is 9.56. The van der Waals surface area contributed by atoms with Gasteiger partial charge in [-0.3, -0.25) is 4.79 Å². The number of anilines is 1. The lowest BCUT2D eigenvalue weighted by molar-refractivity contribution is 0.0688. The summed E-state index contributed by atoms with van der Waals surface area (Å²) in [4.78, 5) is 43.0. The van der Waals surface area contributed by atoms with Gasteiger partial charge >= 0.3 is 11.7 Å². The van der Waals surface area contributed by atoms with Crippen LogP contribution in [-0.2, 0) is 7.05 Å². The molecular formula is C21H21N5O4. The van der Waals surface area contributed by atoms with Gasteiger partial charge in [-0.1, -0.05) is 6.92 Å². The minimum Gasteiger partial charge on any atom is -0.477 e. The van der Waals surface area contributed by atoms with Crippen LogP contribution in [0.1, 0.15) is 57.3 Å². The summed E-state index contributed by atoms with van der Waals surface area (Å²) in [7, 11) is 1.59. The number of hydrogen-bond donors (Lipinski definition) is 1. The van der Waals surface area contributed by atoms with Gasteiger partial charge in [-0.05, 0) is 50.6 Å². The Morgan fingerprint density at radius 3 is 2.30 bits per heavy atom. The highest BCUT2D eigenvalue weighted by Crippen LogP contribution is 2.41. The van der Waals surface area contributed by atoms with Crippen LogP contribution in [0.3, 0.4) is 0 Å². The first-order valence-electron chi connectivity index (χ1n) is 9.56. The molecule has 3 heterocycles. The van der Waals surface area contributed by atoms with E-state index in [-0.39, 0.29) is 17.3 Å². The number of carbonyl (C=O) groups excluding carboxylic acids is 1. The van der Waals surface area contributed by atoms with Crippen LogP contribution in [0.25, 0.3) is 5.69 Å². The Kier molecular flexibility index (Phi) is 4.53. The zero-order valence-corrected chi connectivity index (χ0v) is 17.1. The third-order valence-corrected chi connectivity index (χ3v) is 5.34. The van der Waals surface area contributed by atoms with Gasteiger partial charge in [0.2, 0.25) is 0 Å². The summed E-state index contributed by atoms with van der Waals surface area (Å²) in [5.41, 5.74) is 2.22. The maximum atomic E-state index is 13.2. The average Bonchev–Trinajstić information content (AvgIpc) is 3.13. The molecule has 4 rings (SSSR count). The molecule has 0 aliphatic carbocycles. The molecule has 9 nitrogen and oxygen atoms in total. The minimum atomic E-state index is -1.15. The van der Waals surface area contributed by atoms with Gasteiger partial charge in [0.05, 0.1) is 11.7 Å². The molecule has 1 unspecified atom stereocenters. The lowest BCUT2D eigenvalue weighted by Gasteiger charge is -2.25. The molecule has 0 bridgehead atoms. The number of aryl methyl sites for hydroxylation is 3. The minimum absolute atomic E-state index is 0.0816. The van der Waals surface area contributed by atoms with Crippen LogP contribution in [0.15, 0.2) is 35.1 Å². The summed E-state index contributed by atoms with van der Waals surface area (Å²) in [5.74, 6) is -0.851. The number of fused-ring (bicyclic) bond motifs is 1. The SMILES string of the molecule is CCC1c2c(cc(C)nc2C(=O)O)C(=O)N1c1ccc(-n2c(C)nn(C)c2=O)cc1. The number of benzene rings is 1. The number of carbonyl (C=O) groups is 2. The highest BCUT2D eigenvalue weighted by Gasteiger charge is 2.40. The van der Waals surface area contributed by atoms with Crippen molar-refractivity contribution in [1.29, 1.82) is 0 Å². The number of amides is 1. The average molecular weight is 407 g/mol. The van der Waals surface area contributed by atoms with E-state index in [1.54, 1.807) is 56.1 Å². The molecule has 1 aromatic carbocycles. The van der Waals surface area contributed by atoms with E-state index in [4.69, 9.17) is 0 Å². The smallest absolute Gasteiger partial charge is 0.354 e. The van der Waals surface area contributed by atoms with Crippen LogP contribution in [0.2, 0.25) is 0 Å². The Morgan fingerprint density at radius 1 is 1.13 bits per heavy atom. The number of pyridine rings is 1. The van der Waals surface area contributed by atoms with E-state index in [1.165, 1.54) is 9.25 Å². The molecule has 1 aliphatic heterocycles. The number of aromatic nitrogens is 4. The van der Waals surface area contributed by atoms with Crippen LogP contribution in [0.5, 0.6) is 0 Å². The fraction of sp³-hybridized carbons (Fsp3) is 0.286. The van der Waals surface area contributed by atoms with Gasteiger partial charge in [0, 0.05) is 29.6 Å². The van der Waals surface area contributed by atoms with E-state index in [1.807, 2.05) is 6.92 Å². The third-order valence-electron chi connectivity index (χ3n) is 5.34. The van der Waals surface area contributed by atoms with E-state index in [0.717, 1.165) is 0 Å². The summed E-state index contributed by atoms with van der Waals surface area (Å²) in [6.07, 6.45) is 0.534. The number of hydrogen-bond acceptors (Lipinski definition) is 5. The Labute approximate surface area is 172 Å². The van der Waals surface area contributed by atoms with Gasteiger partial charge in [-0.2, -0.15) is 5.10 Å². The molecule has 1 amide bonds. The molecule has 1 atom stereocenters. The fourth-order valence-corrected chi connectivity index (χ4v) is 4.09. The fourth-order valence-electron chi connectivity index (χ4n) is 4.09. The first kappa shape index (κ1) is 19.6. The number of rotatable bonds is 4. The first-order chi connectivity index (χ1) is 14.2. The zero-order chi connectivity index (χ0) is 21.7. The number of carboxylic acid groups (broad SMARTS) is 1. The molecule has 0 fully saturated rings. The van der Waals surface area contributed by atoms with E-state index in [0.29, 0.717) is 40.4 Å². The van der Waals surface area contributed by atoms with Crippen LogP contribution >= 0.6 is 0 Å². The van der Waals surface area contributed by atoms with Crippen LogP contribution < -0.4 is 10.6 Å². The van der Waals surface area contributed by atoms with Crippen molar-refractivity contribution in [2.24, 2.45) is 7.05 Å². The van der Waals surface area contributed by atoms with Gasteiger partial charge in [0.15, 0.2) is 5.69 Å². The van der Waals surface area contributed by atoms with Gasteiger partial charge in [0.25, 0.3) is 5.91 Å². The lowest BCUT2D eigenvalue weighted by atomic mass is 10.00. The Balaban J connectivity index is 1.79. The summed E-state index contributed by atoms with van der Waals surface area (Å²) in [5, 5.41) is 13.7. The van der Waals surface area contributed by atoms with Crippen LogP contribution in [-0.4, -0.2) is 36.3 Å². The summed E-state index contributed by atoms with van der Waals surface area (Å²) in [6, 6.07) is 8.20. The summed E-state index contributed by atoms with van der Waals surface area (Å²) < 4.78 is 2.75. The maximum absolute atomic E-state index is 13.2. The van der Waals surface area contributed by atoms with E-state index in [2.05, 4.69) is 10.1 Å². The number of carboxylic acids is 1. The largest absolute Gasteiger partial charge is 0.477 e. The van der Waals surface area contributed by atoms with Crippen LogP contribution in [0, 0.1) is 13.8 Å². The van der Waals surface area contributed by atoms with Crippen molar-refractivity contribution >= 4 is 17.6 Å². The van der Waals surface area contributed by atoms with Crippen molar-refractivity contribution in [2.75, 3.05) is 4.90 Å². The highest BCUT2D eigenvalue weighted by molar-refractivity contribution is 6.12. The standard InChI is InChI=1S/C21H21N5O4/c1-5-16-17-15(10-11(2)22-18(17)20(28)29)19(27)26(16)14-8-6-13(7-9-14)25-12(3)23-24(4)21(25)30/h6-10,16H,5H2,1-4H3,(H,28,29). The molecule has 9 heteroatoms. The van der Waals surface area contributed by atoms with E-state index >= 15 is 0 Å². The molecule has 0 spiro atoms. The van der Waals surface area contributed by atoms with Crippen molar-refractivity contribution in [3.8, 4) is 5.69 Å². The van der Waals surface area contributed by atoms with Crippen molar-refractivity contribution in [3.05, 3.63) is 69.2 Å². The number of aromatic carboxylic acids is 1. The Morgan fingerprint density at radius 2 is 1.77 bits per heavy atom. The zero-order valence-electron chi connectivity index (χ0n) is 17.1. The van der Waals surface area contributed by atoms with Crippen molar-refractivity contribution in [1.82, 2.24) is 19.3 Å². The Bertz CT molecular complexity index is 1240. The second-order valence-electron chi connectivity index (χ2n) is 7.28. The van der Waals surface area contributed by atoms with Gasteiger partial charge in [-0.15, -0.1) is 0 Å². The van der Waals surface area contributed by atoms with Crippen molar-refractivity contribution < 1.29 is 14.7 Å².